The van der Waals surface area contributed by atoms with Gasteiger partial charge in [-0.15, -0.1) is 0 Å². The summed E-state index contributed by atoms with van der Waals surface area (Å²) in [7, 11) is 1.66. The van der Waals surface area contributed by atoms with Gasteiger partial charge in [-0.2, -0.15) is 0 Å². The van der Waals surface area contributed by atoms with E-state index in [-0.39, 0.29) is 11.0 Å². The summed E-state index contributed by atoms with van der Waals surface area (Å²) in [5.74, 6) is 1.44. The van der Waals surface area contributed by atoms with E-state index in [2.05, 4.69) is 51.0 Å². The van der Waals surface area contributed by atoms with Gasteiger partial charge in [0.1, 0.15) is 11.8 Å². The number of hydrogen-bond donors (Lipinski definition) is 1. The maximum atomic E-state index is 5.89. The number of ether oxygens (including phenoxy) is 2. The van der Waals surface area contributed by atoms with E-state index in [4.69, 9.17) is 21.1 Å². The van der Waals surface area contributed by atoms with Crippen molar-refractivity contribution in [2.45, 2.75) is 59.7 Å². The first kappa shape index (κ1) is 21.5. The number of pyridine rings is 1. The normalized spacial score (nSPS) is 12.1. The highest BCUT2D eigenvalue weighted by molar-refractivity contribution is 6.29. The summed E-state index contributed by atoms with van der Waals surface area (Å²) in [6.45, 7) is 12.5. The van der Waals surface area contributed by atoms with Crippen LogP contribution in [0.5, 0.6) is 11.5 Å². The molecule has 27 heavy (non-hydrogen) atoms. The van der Waals surface area contributed by atoms with Gasteiger partial charge >= 0.3 is 0 Å². The van der Waals surface area contributed by atoms with Gasteiger partial charge in [-0.3, -0.25) is 0 Å². The van der Waals surface area contributed by atoms with Crippen LogP contribution in [0, 0.1) is 5.41 Å². The molecular formula is C22H31ClN2O2. The summed E-state index contributed by atoms with van der Waals surface area (Å²) in [6.07, 6.45) is 2.80. The molecule has 0 spiro atoms. The second kappa shape index (κ2) is 8.94. The summed E-state index contributed by atoms with van der Waals surface area (Å²) in [5.41, 5.74) is 2.45. The molecule has 0 saturated heterocycles. The molecule has 0 saturated carbocycles. The molecule has 0 unspecified atom stereocenters. The minimum atomic E-state index is 0.0578. The van der Waals surface area contributed by atoms with Gasteiger partial charge in [0, 0.05) is 23.8 Å². The van der Waals surface area contributed by atoms with Crippen molar-refractivity contribution in [1.82, 2.24) is 10.3 Å². The van der Waals surface area contributed by atoms with Gasteiger partial charge in [0.05, 0.1) is 7.11 Å². The third-order valence-electron chi connectivity index (χ3n) is 4.15. The summed E-state index contributed by atoms with van der Waals surface area (Å²) >= 11 is 5.81. The van der Waals surface area contributed by atoms with Crippen molar-refractivity contribution in [2.75, 3.05) is 7.11 Å². The zero-order valence-corrected chi connectivity index (χ0v) is 18.0. The Hall–Kier alpha value is -1.78. The molecule has 0 aliphatic heterocycles. The molecule has 0 amide bonds. The molecule has 0 atom stereocenters. The van der Waals surface area contributed by atoms with E-state index in [0.717, 1.165) is 29.8 Å². The first-order chi connectivity index (χ1) is 12.6. The Morgan fingerprint density at radius 2 is 1.70 bits per heavy atom. The quantitative estimate of drug-likeness (QED) is 0.593. The molecule has 2 aromatic rings. The van der Waals surface area contributed by atoms with Crippen LogP contribution in [0.2, 0.25) is 5.15 Å². The van der Waals surface area contributed by atoms with Crippen LogP contribution in [0.1, 0.15) is 52.2 Å². The number of rotatable bonds is 8. The molecule has 0 aliphatic rings. The van der Waals surface area contributed by atoms with E-state index in [1.54, 1.807) is 19.4 Å². The minimum Gasteiger partial charge on any atom is -0.493 e. The molecule has 0 bridgehead atoms. The van der Waals surface area contributed by atoms with Gasteiger partial charge in [-0.25, -0.2) is 4.98 Å². The lowest BCUT2D eigenvalue weighted by Crippen LogP contribution is -2.41. The molecule has 1 N–H and O–H groups in total. The third kappa shape index (κ3) is 7.39. The zero-order chi connectivity index (χ0) is 20.1. The number of nitrogens with one attached hydrogen (secondary N) is 1. The van der Waals surface area contributed by atoms with Crippen LogP contribution in [0.15, 0.2) is 36.5 Å². The Morgan fingerprint density at radius 1 is 1.00 bits per heavy atom. The molecule has 5 heteroatoms. The Kier molecular flexibility index (Phi) is 7.12. The minimum absolute atomic E-state index is 0.0578. The second-order valence-corrected chi connectivity index (χ2v) is 9.13. The summed E-state index contributed by atoms with van der Waals surface area (Å²) in [6, 6.07) is 9.70. The van der Waals surface area contributed by atoms with Crippen LogP contribution in [0.25, 0.3) is 0 Å². The fraction of sp³-hybridized carbons (Fsp3) is 0.500. The average Bonchev–Trinajstić information content (AvgIpc) is 2.58. The van der Waals surface area contributed by atoms with E-state index in [9.17, 15) is 0 Å². The van der Waals surface area contributed by atoms with Crippen molar-refractivity contribution < 1.29 is 9.47 Å². The fourth-order valence-electron chi connectivity index (χ4n) is 3.32. The van der Waals surface area contributed by atoms with Gasteiger partial charge in [-0.1, -0.05) is 44.5 Å². The molecule has 2 rings (SSSR count). The van der Waals surface area contributed by atoms with Gasteiger partial charge in [-0.05, 0) is 49.4 Å². The summed E-state index contributed by atoms with van der Waals surface area (Å²) in [4.78, 5) is 4.07. The Bertz CT molecular complexity index is 737. The highest BCUT2D eigenvalue weighted by Gasteiger charge is 2.24. The number of hydrogen-bond acceptors (Lipinski definition) is 4. The van der Waals surface area contributed by atoms with E-state index >= 15 is 0 Å². The van der Waals surface area contributed by atoms with Crippen LogP contribution in [0.4, 0.5) is 0 Å². The Balaban J connectivity index is 1.99. The molecule has 1 heterocycles. The van der Waals surface area contributed by atoms with Crippen molar-refractivity contribution in [1.29, 1.82) is 0 Å². The van der Waals surface area contributed by atoms with Gasteiger partial charge in [0.2, 0.25) is 0 Å². The predicted molar refractivity (Wildman–Crippen MR) is 112 cm³/mol. The standard InChI is InChI=1S/C22H31ClN2O2/c1-21(2,3)15-22(4,5)25-13-16-7-9-18(19(11-16)26-6)27-14-17-8-10-20(23)24-12-17/h7-12,25H,13-15H2,1-6H3. The largest absolute Gasteiger partial charge is 0.493 e. The van der Waals surface area contributed by atoms with Crippen molar-refractivity contribution in [2.24, 2.45) is 5.41 Å². The maximum Gasteiger partial charge on any atom is 0.161 e. The lowest BCUT2D eigenvalue weighted by atomic mass is 9.82. The molecular weight excluding hydrogens is 360 g/mol. The number of nitrogens with zero attached hydrogens (tertiary/aromatic N) is 1. The average molecular weight is 391 g/mol. The van der Waals surface area contributed by atoms with Gasteiger partial charge in [0.25, 0.3) is 0 Å². The van der Waals surface area contributed by atoms with Crippen molar-refractivity contribution in [3.63, 3.8) is 0 Å². The SMILES string of the molecule is COc1cc(CNC(C)(C)CC(C)(C)C)ccc1OCc1ccc(Cl)nc1. The van der Waals surface area contributed by atoms with Crippen LogP contribution in [-0.4, -0.2) is 17.6 Å². The Morgan fingerprint density at radius 3 is 2.30 bits per heavy atom. The second-order valence-electron chi connectivity index (χ2n) is 8.74. The first-order valence-corrected chi connectivity index (χ1v) is 9.61. The topological polar surface area (TPSA) is 43.4 Å². The molecule has 0 fully saturated rings. The molecule has 0 radical (unpaired) electrons. The first-order valence-electron chi connectivity index (χ1n) is 9.23. The van der Waals surface area contributed by atoms with Crippen LogP contribution in [0.3, 0.4) is 0 Å². The van der Waals surface area contributed by atoms with E-state index in [1.165, 1.54) is 0 Å². The van der Waals surface area contributed by atoms with Crippen molar-refractivity contribution >= 4 is 11.6 Å². The smallest absolute Gasteiger partial charge is 0.161 e. The van der Waals surface area contributed by atoms with E-state index < -0.39 is 0 Å². The predicted octanol–water partition coefficient (Wildman–Crippen LogP) is 5.63. The highest BCUT2D eigenvalue weighted by atomic mass is 35.5. The third-order valence-corrected chi connectivity index (χ3v) is 4.38. The molecule has 1 aromatic carbocycles. The van der Waals surface area contributed by atoms with E-state index in [0.29, 0.717) is 17.5 Å². The zero-order valence-electron chi connectivity index (χ0n) is 17.2. The lowest BCUT2D eigenvalue weighted by molar-refractivity contribution is 0.240. The van der Waals surface area contributed by atoms with E-state index in [1.807, 2.05) is 18.2 Å². The monoisotopic (exact) mass is 390 g/mol. The summed E-state index contributed by atoms with van der Waals surface area (Å²) < 4.78 is 11.4. The Labute approximate surface area is 168 Å². The molecule has 148 valence electrons. The lowest BCUT2D eigenvalue weighted by Gasteiger charge is -2.33. The van der Waals surface area contributed by atoms with Crippen LogP contribution >= 0.6 is 11.6 Å². The van der Waals surface area contributed by atoms with Crippen molar-refractivity contribution in [3.8, 4) is 11.5 Å². The maximum absolute atomic E-state index is 5.89. The van der Waals surface area contributed by atoms with Crippen molar-refractivity contribution in [3.05, 3.63) is 52.8 Å². The van der Waals surface area contributed by atoms with Crippen LogP contribution < -0.4 is 14.8 Å². The summed E-state index contributed by atoms with van der Waals surface area (Å²) in [5, 5.41) is 4.12. The fourth-order valence-corrected chi connectivity index (χ4v) is 3.44. The number of benzene rings is 1. The molecule has 0 aliphatic carbocycles. The van der Waals surface area contributed by atoms with Crippen LogP contribution in [-0.2, 0) is 13.2 Å². The van der Waals surface area contributed by atoms with Gasteiger partial charge in [0.15, 0.2) is 11.5 Å². The number of aromatic nitrogens is 1. The molecule has 1 aromatic heterocycles. The molecule has 4 nitrogen and oxygen atoms in total. The van der Waals surface area contributed by atoms with Gasteiger partial charge < -0.3 is 14.8 Å². The number of methoxy groups -OCH3 is 1. The number of halogens is 1. The highest BCUT2D eigenvalue weighted by Crippen LogP contribution is 2.30.